The van der Waals surface area contributed by atoms with Gasteiger partial charge in [0.15, 0.2) is 11.5 Å². The smallest absolute Gasteiger partial charge is 0.335 e. The number of benzene rings is 3. The summed E-state index contributed by atoms with van der Waals surface area (Å²) >= 11 is 6.75. The fraction of sp³-hybridized carbons (Fsp3) is 0.167. The van der Waals surface area contributed by atoms with Gasteiger partial charge < -0.3 is 30.0 Å². The highest BCUT2D eigenvalue weighted by atomic mass is 32.2. The Bertz CT molecular complexity index is 1700. The first-order valence-electron chi connectivity index (χ1n) is 12.6. The van der Waals surface area contributed by atoms with Crippen LogP contribution < -0.4 is 19.9 Å². The molecular weight excluding hydrogens is 562 g/mol. The second kappa shape index (κ2) is 11.9. The minimum absolute atomic E-state index is 0.105. The maximum absolute atomic E-state index is 13.2. The topological polar surface area (TPSA) is 127 Å². The fourth-order valence-corrected chi connectivity index (χ4v) is 5.87. The van der Waals surface area contributed by atoms with Crippen LogP contribution >= 0.6 is 24.0 Å². The number of carboxylic acid groups (broad SMARTS) is 1. The molecule has 0 spiro atoms. The molecule has 0 radical (unpaired) electrons. The van der Waals surface area contributed by atoms with Crippen LogP contribution in [0.5, 0.6) is 17.2 Å². The molecule has 1 aromatic heterocycles. The second-order valence-corrected chi connectivity index (χ2v) is 10.8. The van der Waals surface area contributed by atoms with Crippen LogP contribution in [0.3, 0.4) is 0 Å². The Hall–Kier alpha value is -4.48. The molecule has 3 aromatic carbocycles. The molecule has 5 rings (SSSR count). The summed E-state index contributed by atoms with van der Waals surface area (Å²) in [4.78, 5) is 29.6. The molecule has 4 aromatic rings. The lowest BCUT2D eigenvalue weighted by Crippen LogP contribution is -2.29. The number of amides is 1. The molecule has 1 fully saturated rings. The van der Waals surface area contributed by atoms with Gasteiger partial charge in [0.1, 0.15) is 10.1 Å². The van der Waals surface area contributed by atoms with Gasteiger partial charge in [0.2, 0.25) is 0 Å². The minimum atomic E-state index is -1.05. The molecule has 2 heterocycles. The summed E-state index contributed by atoms with van der Waals surface area (Å²) in [6.45, 7) is 0.663. The van der Waals surface area contributed by atoms with E-state index in [9.17, 15) is 9.59 Å². The third-order valence-corrected chi connectivity index (χ3v) is 7.97. The first kappa shape index (κ1) is 28.1. The Balaban J connectivity index is 1.28. The summed E-state index contributed by atoms with van der Waals surface area (Å²) in [6, 6.07) is 16.0. The minimum Gasteiger partial charge on any atom is -0.496 e. The van der Waals surface area contributed by atoms with Gasteiger partial charge in [0.05, 0.1) is 42.5 Å². The number of nitrogens with two attached hydrogens (primary N) is 1. The molecule has 1 saturated heterocycles. The van der Waals surface area contributed by atoms with Crippen LogP contribution in [-0.4, -0.2) is 58.6 Å². The van der Waals surface area contributed by atoms with Crippen molar-refractivity contribution in [3.8, 4) is 28.4 Å². The van der Waals surface area contributed by atoms with Crippen LogP contribution in [0.1, 0.15) is 22.3 Å². The number of fused-ring (bicyclic) bond motifs is 1. The molecule has 1 amide bonds. The predicted molar refractivity (Wildman–Crippen MR) is 165 cm³/mol. The van der Waals surface area contributed by atoms with E-state index in [0.29, 0.717) is 45.1 Å². The molecule has 0 aliphatic carbocycles. The van der Waals surface area contributed by atoms with E-state index in [1.807, 2.05) is 48.7 Å². The van der Waals surface area contributed by atoms with Gasteiger partial charge in [-0.25, -0.2) is 4.79 Å². The summed E-state index contributed by atoms with van der Waals surface area (Å²) in [7, 11) is 3.06. The molecule has 41 heavy (non-hydrogen) atoms. The number of hydrogen-bond acceptors (Lipinski definition) is 8. The molecule has 4 N–H and O–H groups in total. The molecule has 11 heteroatoms. The number of ether oxygens (including phenoxy) is 3. The molecule has 0 bridgehead atoms. The number of hydrogen-bond donors (Lipinski definition) is 3. The summed E-state index contributed by atoms with van der Waals surface area (Å²) in [5.74, 6) is 0.228. The van der Waals surface area contributed by atoms with Gasteiger partial charge in [-0.3, -0.25) is 9.69 Å². The van der Waals surface area contributed by atoms with Gasteiger partial charge in [0.25, 0.3) is 5.91 Å². The van der Waals surface area contributed by atoms with Crippen molar-refractivity contribution in [2.24, 2.45) is 0 Å². The quantitative estimate of drug-likeness (QED) is 0.0910. The van der Waals surface area contributed by atoms with E-state index in [4.69, 9.17) is 37.3 Å². The van der Waals surface area contributed by atoms with Gasteiger partial charge in [-0.2, -0.15) is 0 Å². The zero-order chi connectivity index (χ0) is 29.1. The number of carbonyl (C=O) groups is 2. The number of methoxy groups -OCH3 is 2. The lowest BCUT2D eigenvalue weighted by atomic mass is 9.99. The third kappa shape index (κ3) is 5.86. The Morgan fingerprint density at radius 2 is 1.85 bits per heavy atom. The molecule has 0 unspecified atom stereocenters. The van der Waals surface area contributed by atoms with E-state index in [1.165, 1.54) is 31.0 Å². The first-order chi connectivity index (χ1) is 19.8. The number of carboxylic acids is 1. The SMILES string of the molecule is COc1cc(C(=O)O)ccc1OCCCN1C(=O)/C(=C/c2ccc(OC)c(-c3cc(N)c4[nH]ccc4c3)c2)SC1=S. The van der Waals surface area contributed by atoms with Gasteiger partial charge in [-0.15, -0.1) is 0 Å². The summed E-state index contributed by atoms with van der Waals surface area (Å²) < 4.78 is 17.1. The highest BCUT2D eigenvalue weighted by Crippen LogP contribution is 2.37. The molecule has 0 atom stereocenters. The number of thioether (sulfide) groups is 1. The molecule has 1 aliphatic heterocycles. The van der Waals surface area contributed by atoms with Gasteiger partial charge in [-0.05, 0) is 72.2 Å². The zero-order valence-electron chi connectivity index (χ0n) is 22.3. The Kier molecular flexibility index (Phi) is 8.18. The largest absolute Gasteiger partial charge is 0.496 e. The first-order valence-corrected chi connectivity index (χ1v) is 13.9. The van der Waals surface area contributed by atoms with Crippen molar-refractivity contribution in [2.45, 2.75) is 6.42 Å². The molecule has 210 valence electrons. The van der Waals surface area contributed by atoms with Crippen LogP contribution in [-0.2, 0) is 4.79 Å². The number of nitrogens with zero attached hydrogens (tertiary/aromatic N) is 1. The van der Waals surface area contributed by atoms with Crippen LogP contribution in [0.4, 0.5) is 5.69 Å². The van der Waals surface area contributed by atoms with Crippen LogP contribution in [0.2, 0.25) is 0 Å². The number of thiocarbonyl (C=S) groups is 1. The molecule has 0 saturated carbocycles. The van der Waals surface area contributed by atoms with E-state index < -0.39 is 5.97 Å². The monoisotopic (exact) mass is 589 g/mol. The average Bonchev–Trinajstić information content (AvgIpc) is 3.55. The number of aromatic carboxylic acids is 1. The standard InChI is InChI=1S/C30H27N3O6S2/c1-37-23-6-4-17(12-21(23)20-14-18-8-9-32-27(18)22(31)15-20)13-26-28(34)33(30(40)41-26)10-3-11-39-24-7-5-19(29(35)36)16-25(24)38-2/h4-9,12-16,32H,3,10-11,31H2,1-2H3,(H,35,36)/b26-13-. The molecular formula is C30H27N3O6S2. The number of nitrogens with one attached hydrogen (secondary N) is 1. The van der Waals surface area contributed by atoms with Crippen molar-refractivity contribution in [2.75, 3.05) is 33.1 Å². The highest BCUT2D eigenvalue weighted by molar-refractivity contribution is 8.26. The second-order valence-electron chi connectivity index (χ2n) is 9.17. The van der Waals surface area contributed by atoms with Crippen molar-refractivity contribution in [3.05, 3.63) is 76.8 Å². The Morgan fingerprint density at radius 1 is 1.07 bits per heavy atom. The average molecular weight is 590 g/mol. The van der Waals surface area contributed by atoms with Crippen molar-refractivity contribution in [1.82, 2.24) is 9.88 Å². The fourth-order valence-electron chi connectivity index (χ4n) is 4.57. The summed E-state index contributed by atoms with van der Waals surface area (Å²) in [6.07, 6.45) is 4.19. The van der Waals surface area contributed by atoms with Crippen molar-refractivity contribution >= 4 is 62.8 Å². The number of anilines is 1. The number of carbonyl (C=O) groups excluding carboxylic acids is 1. The summed E-state index contributed by atoms with van der Waals surface area (Å²) in [5, 5.41) is 10.2. The number of rotatable bonds is 10. The maximum atomic E-state index is 13.2. The van der Waals surface area contributed by atoms with E-state index in [-0.39, 0.29) is 18.1 Å². The van der Waals surface area contributed by atoms with Crippen molar-refractivity contribution in [3.63, 3.8) is 0 Å². The van der Waals surface area contributed by atoms with Crippen LogP contribution in [0.25, 0.3) is 28.1 Å². The van der Waals surface area contributed by atoms with E-state index in [1.54, 1.807) is 18.1 Å². The maximum Gasteiger partial charge on any atom is 0.335 e. The van der Waals surface area contributed by atoms with Crippen molar-refractivity contribution in [1.29, 1.82) is 0 Å². The Morgan fingerprint density at radius 3 is 2.61 bits per heavy atom. The lowest BCUT2D eigenvalue weighted by molar-refractivity contribution is -0.122. The number of H-pyrrole nitrogens is 1. The van der Waals surface area contributed by atoms with Crippen LogP contribution in [0, 0.1) is 0 Å². The van der Waals surface area contributed by atoms with E-state index in [0.717, 1.165) is 27.6 Å². The van der Waals surface area contributed by atoms with Gasteiger partial charge in [0, 0.05) is 23.7 Å². The Labute approximate surface area is 245 Å². The summed E-state index contributed by atoms with van der Waals surface area (Å²) in [5.41, 5.74) is 10.5. The molecule has 1 aliphatic rings. The lowest BCUT2D eigenvalue weighted by Gasteiger charge is -2.15. The van der Waals surface area contributed by atoms with Gasteiger partial charge >= 0.3 is 5.97 Å². The number of nitrogen functional groups attached to an aromatic ring is 1. The third-order valence-electron chi connectivity index (χ3n) is 6.59. The molecule has 9 nitrogen and oxygen atoms in total. The van der Waals surface area contributed by atoms with E-state index in [2.05, 4.69) is 4.98 Å². The zero-order valence-corrected chi connectivity index (χ0v) is 23.9. The predicted octanol–water partition coefficient (Wildman–Crippen LogP) is 5.80. The number of aromatic nitrogens is 1. The van der Waals surface area contributed by atoms with E-state index >= 15 is 0 Å². The van der Waals surface area contributed by atoms with Crippen LogP contribution in [0.15, 0.2) is 65.7 Å². The highest BCUT2D eigenvalue weighted by Gasteiger charge is 2.31. The normalized spacial score (nSPS) is 14.2. The van der Waals surface area contributed by atoms with Gasteiger partial charge in [-0.1, -0.05) is 30.0 Å². The number of aromatic amines is 1. The van der Waals surface area contributed by atoms with Crippen molar-refractivity contribution < 1.29 is 28.9 Å².